The molecular formula is C7H14N2. The SMILES string of the molecule is CC1(C)C=CCNNC1. The van der Waals surface area contributed by atoms with Gasteiger partial charge in [-0.15, -0.1) is 0 Å². The van der Waals surface area contributed by atoms with Crippen LogP contribution < -0.4 is 10.9 Å². The summed E-state index contributed by atoms with van der Waals surface area (Å²) in [5.74, 6) is 0. The molecule has 0 bridgehead atoms. The van der Waals surface area contributed by atoms with Crippen LogP contribution in [-0.4, -0.2) is 13.1 Å². The molecule has 0 radical (unpaired) electrons. The van der Waals surface area contributed by atoms with Crippen molar-refractivity contribution in [1.29, 1.82) is 0 Å². The summed E-state index contributed by atoms with van der Waals surface area (Å²) in [7, 11) is 0. The van der Waals surface area contributed by atoms with E-state index >= 15 is 0 Å². The third-order valence-corrected chi connectivity index (χ3v) is 1.46. The third kappa shape index (κ3) is 2.16. The molecule has 0 aromatic rings. The lowest BCUT2D eigenvalue weighted by atomic mass is 9.94. The van der Waals surface area contributed by atoms with Gasteiger partial charge in [-0.2, -0.15) is 0 Å². The Bertz CT molecular complexity index is 116. The highest BCUT2D eigenvalue weighted by atomic mass is 15.3. The normalized spacial score (nSPS) is 25.6. The second kappa shape index (κ2) is 2.50. The molecule has 0 amide bonds. The highest BCUT2D eigenvalue weighted by molar-refractivity contribution is 4.98. The minimum Gasteiger partial charge on any atom is -0.257 e. The Labute approximate surface area is 56.3 Å². The van der Waals surface area contributed by atoms with Gasteiger partial charge >= 0.3 is 0 Å². The van der Waals surface area contributed by atoms with E-state index < -0.39 is 0 Å². The summed E-state index contributed by atoms with van der Waals surface area (Å²) >= 11 is 0. The summed E-state index contributed by atoms with van der Waals surface area (Å²) in [5, 5.41) is 0. The standard InChI is InChI=1S/C7H14N2/c1-7(2)4-3-5-8-9-6-7/h3-4,8-9H,5-6H2,1-2H3. The Hall–Kier alpha value is -0.340. The molecule has 0 saturated carbocycles. The second-order valence-corrected chi connectivity index (χ2v) is 3.13. The van der Waals surface area contributed by atoms with Crippen molar-refractivity contribution in [1.82, 2.24) is 10.9 Å². The maximum absolute atomic E-state index is 3.12. The van der Waals surface area contributed by atoms with E-state index in [0.717, 1.165) is 13.1 Å². The zero-order chi connectivity index (χ0) is 6.74. The zero-order valence-corrected chi connectivity index (χ0v) is 6.07. The number of hydrazine groups is 1. The number of hydrogen-bond acceptors (Lipinski definition) is 2. The topological polar surface area (TPSA) is 24.1 Å². The van der Waals surface area contributed by atoms with Gasteiger partial charge in [0.1, 0.15) is 0 Å². The first-order valence-corrected chi connectivity index (χ1v) is 3.34. The summed E-state index contributed by atoms with van der Waals surface area (Å²) in [4.78, 5) is 0. The first kappa shape index (κ1) is 6.78. The van der Waals surface area contributed by atoms with Crippen LogP contribution in [0, 0.1) is 5.41 Å². The summed E-state index contributed by atoms with van der Waals surface area (Å²) in [6, 6.07) is 0. The lowest BCUT2D eigenvalue weighted by Gasteiger charge is -2.17. The van der Waals surface area contributed by atoms with Crippen LogP contribution in [-0.2, 0) is 0 Å². The Morgan fingerprint density at radius 3 is 2.89 bits per heavy atom. The van der Waals surface area contributed by atoms with E-state index in [2.05, 4.69) is 36.9 Å². The Morgan fingerprint density at radius 2 is 2.11 bits per heavy atom. The summed E-state index contributed by atoms with van der Waals surface area (Å²) in [6.07, 6.45) is 4.39. The van der Waals surface area contributed by atoms with Gasteiger partial charge in [0.25, 0.3) is 0 Å². The average molecular weight is 126 g/mol. The molecule has 0 aromatic heterocycles. The Balaban J connectivity index is 2.52. The fourth-order valence-electron chi connectivity index (χ4n) is 0.858. The molecule has 1 heterocycles. The van der Waals surface area contributed by atoms with Gasteiger partial charge < -0.3 is 0 Å². The minimum absolute atomic E-state index is 0.309. The van der Waals surface area contributed by atoms with Crippen LogP contribution in [0.3, 0.4) is 0 Å². The van der Waals surface area contributed by atoms with Crippen LogP contribution in [0.1, 0.15) is 13.8 Å². The molecule has 2 N–H and O–H groups in total. The van der Waals surface area contributed by atoms with Crippen molar-refractivity contribution < 1.29 is 0 Å². The van der Waals surface area contributed by atoms with E-state index in [0.29, 0.717) is 5.41 Å². The van der Waals surface area contributed by atoms with Gasteiger partial charge in [-0.1, -0.05) is 26.0 Å². The number of hydrogen-bond donors (Lipinski definition) is 2. The Morgan fingerprint density at radius 1 is 1.33 bits per heavy atom. The zero-order valence-electron chi connectivity index (χ0n) is 6.07. The van der Waals surface area contributed by atoms with Crippen molar-refractivity contribution in [2.45, 2.75) is 13.8 Å². The summed E-state index contributed by atoms with van der Waals surface area (Å²) in [5.41, 5.74) is 6.50. The van der Waals surface area contributed by atoms with Gasteiger partial charge in [0.15, 0.2) is 0 Å². The van der Waals surface area contributed by atoms with E-state index in [1.807, 2.05) is 0 Å². The number of rotatable bonds is 0. The van der Waals surface area contributed by atoms with E-state index in [1.54, 1.807) is 0 Å². The monoisotopic (exact) mass is 126 g/mol. The van der Waals surface area contributed by atoms with Crippen molar-refractivity contribution in [3.8, 4) is 0 Å². The first-order chi connectivity index (χ1) is 4.21. The summed E-state index contributed by atoms with van der Waals surface area (Å²) in [6.45, 7) is 6.36. The molecule has 0 spiro atoms. The quantitative estimate of drug-likeness (QED) is 0.466. The molecule has 0 aliphatic carbocycles. The molecule has 52 valence electrons. The first-order valence-electron chi connectivity index (χ1n) is 3.34. The summed E-state index contributed by atoms with van der Waals surface area (Å²) < 4.78 is 0. The highest BCUT2D eigenvalue weighted by Crippen LogP contribution is 2.15. The van der Waals surface area contributed by atoms with E-state index in [-0.39, 0.29) is 0 Å². The fourth-order valence-corrected chi connectivity index (χ4v) is 0.858. The molecule has 0 saturated heterocycles. The molecular weight excluding hydrogens is 112 g/mol. The predicted octanol–water partition coefficient (Wildman–Crippen LogP) is 0.677. The van der Waals surface area contributed by atoms with Crippen LogP contribution in [0.2, 0.25) is 0 Å². The van der Waals surface area contributed by atoms with E-state index in [9.17, 15) is 0 Å². The minimum atomic E-state index is 0.309. The molecule has 2 nitrogen and oxygen atoms in total. The van der Waals surface area contributed by atoms with Gasteiger partial charge in [-0.25, -0.2) is 0 Å². The fraction of sp³-hybridized carbons (Fsp3) is 0.714. The van der Waals surface area contributed by atoms with Crippen LogP contribution in [0.5, 0.6) is 0 Å². The van der Waals surface area contributed by atoms with Crippen LogP contribution in [0.4, 0.5) is 0 Å². The van der Waals surface area contributed by atoms with Gasteiger partial charge in [-0.05, 0) is 5.41 Å². The van der Waals surface area contributed by atoms with Crippen molar-refractivity contribution >= 4 is 0 Å². The lowest BCUT2D eigenvalue weighted by Crippen LogP contribution is -2.36. The van der Waals surface area contributed by atoms with Gasteiger partial charge in [0, 0.05) is 13.1 Å². The maximum atomic E-state index is 3.12. The molecule has 0 aromatic carbocycles. The Kier molecular flexibility index (Phi) is 1.88. The molecule has 1 aliphatic rings. The predicted molar refractivity (Wildman–Crippen MR) is 38.9 cm³/mol. The molecule has 0 unspecified atom stereocenters. The second-order valence-electron chi connectivity index (χ2n) is 3.13. The van der Waals surface area contributed by atoms with Crippen LogP contribution in [0.15, 0.2) is 12.2 Å². The van der Waals surface area contributed by atoms with E-state index in [4.69, 9.17) is 0 Å². The van der Waals surface area contributed by atoms with Gasteiger partial charge in [0.05, 0.1) is 0 Å². The molecule has 0 atom stereocenters. The van der Waals surface area contributed by atoms with Crippen molar-refractivity contribution in [3.63, 3.8) is 0 Å². The molecule has 9 heavy (non-hydrogen) atoms. The van der Waals surface area contributed by atoms with Crippen molar-refractivity contribution in [2.24, 2.45) is 5.41 Å². The van der Waals surface area contributed by atoms with Crippen molar-refractivity contribution in [3.05, 3.63) is 12.2 Å². The van der Waals surface area contributed by atoms with E-state index in [1.165, 1.54) is 0 Å². The molecule has 1 rings (SSSR count). The van der Waals surface area contributed by atoms with Gasteiger partial charge in [-0.3, -0.25) is 10.9 Å². The van der Waals surface area contributed by atoms with Crippen LogP contribution in [0.25, 0.3) is 0 Å². The third-order valence-electron chi connectivity index (χ3n) is 1.46. The average Bonchev–Trinajstić information content (AvgIpc) is 1.92. The highest BCUT2D eigenvalue weighted by Gasteiger charge is 2.13. The smallest absolute Gasteiger partial charge is 0.0281 e. The van der Waals surface area contributed by atoms with Crippen molar-refractivity contribution in [2.75, 3.05) is 13.1 Å². The molecule has 1 aliphatic heterocycles. The maximum Gasteiger partial charge on any atom is 0.0281 e. The molecule has 0 fully saturated rings. The largest absolute Gasteiger partial charge is 0.257 e. The lowest BCUT2D eigenvalue weighted by molar-refractivity contribution is 0.414. The molecule has 2 heteroatoms. The van der Waals surface area contributed by atoms with Gasteiger partial charge in [0.2, 0.25) is 0 Å². The van der Waals surface area contributed by atoms with Crippen LogP contribution >= 0.6 is 0 Å². The number of nitrogens with one attached hydrogen (secondary N) is 2.